The summed E-state index contributed by atoms with van der Waals surface area (Å²) in [5.74, 6) is -1.87. The molecule has 166 valence electrons. The van der Waals surface area contributed by atoms with E-state index in [1.54, 1.807) is 18.7 Å². The molecule has 3 atom stereocenters. The van der Waals surface area contributed by atoms with Gasteiger partial charge in [0.1, 0.15) is 6.61 Å². The van der Waals surface area contributed by atoms with Crippen molar-refractivity contribution >= 4 is 23.9 Å². The summed E-state index contributed by atoms with van der Waals surface area (Å²) >= 11 is 0. The summed E-state index contributed by atoms with van der Waals surface area (Å²) in [5, 5.41) is 5.09. The number of benzene rings is 1. The number of hydrogen-bond donors (Lipinski definition) is 2. The number of likely N-dealkylation sites (tertiary alicyclic amines) is 1. The first-order chi connectivity index (χ1) is 14.8. The van der Waals surface area contributed by atoms with Gasteiger partial charge in [0.25, 0.3) is 0 Å². The van der Waals surface area contributed by atoms with Crippen molar-refractivity contribution in [3.63, 3.8) is 0 Å². The van der Waals surface area contributed by atoms with Gasteiger partial charge < -0.3 is 25.0 Å². The Balaban J connectivity index is 1.66. The standard InChI is InChI=1S/C22H27N3O6/c1-4-30-21(28)19-13(2)23-22(29)24-17(19)12-31-20(27)16-10-18(26)25(11-16)14(3)15-8-6-5-7-9-15/h5-9,13-14,16H,4,10-12H2,1-3H3,(H2,23,24,29)/t13-,14-,16-/m1/s1. The SMILES string of the molecule is CCOC(=O)C1=C(COC(=O)[C@@H]2CC(=O)N([C@H](C)c3ccccc3)C2)NC(=O)N[C@@H]1C. The number of nitrogens with zero attached hydrogens (tertiary/aromatic N) is 1. The Bertz CT molecular complexity index is 898. The summed E-state index contributed by atoms with van der Waals surface area (Å²) in [5.41, 5.74) is 1.37. The van der Waals surface area contributed by atoms with E-state index in [2.05, 4.69) is 10.6 Å². The second-order valence-corrected chi connectivity index (χ2v) is 7.57. The molecule has 3 rings (SSSR count). The Morgan fingerprint density at radius 3 is 2.58 bits per heavy atom. The fraction of sp³-hybridized carbons (Fsp3) is 0.455. The summed E-state index contributed by atoms with van der Waals surface area (Å²) in [6, 6.07) is 8.35. The van der Waals surface area contributed by atoms with Gasteiger partial charge in [0.2, 0.25) is 5.91 Å². The van der Waals surface area contributed by atoms with Crippen molar-refractivity contribution in [2.45, 2.75) is 39.3 Å². The maximum absolute atomic E-state index is 12.6. The molecule has 31 heavy (non-hydrogen) atoms. The van der Waals surface area contributed by atoms with Gasteiger partial charge in [-0.15, -0.1) is 0 Å². The van der Waals surface area contributed by atoms with Gasteiger partial charge in [0, 0.05) is 13.0 Å². The molecule has 3 amide bonds. The average molecular weight is 429 g/mol. The zero-order valence-corrected chi connectivity index (χ0v) is 17.8. The molecule has 2 aliphatic heterocycles. The lowest BCUT2D eigenvalue weighted by atomic mass is 10.0. The minimum absolute atomic E-state index is 0.0596. The molecule has 1 aromatic rings. The summed E-state index contributed by atoms with van der Waals surface area (Å²) in [7, 11) is 0. The van der Waals surface area contributed by atoms with Crippen LogP contribution in [0.5, 0.6) is 0 Å². The van der Waals surface area contributed by atoms with E-state index >= 15 is 0 Å². The number of rotatable bonds is 7. The molecule has 0 unspecified atom stereocenters. The monoisotopic (exact) mass is 429 g/mol. The highest BCUT2D eigenvalue weighted by atomic mass is 16.5. The number of esters is 2. The van der Waals surface area contributed by atoms with E-state index in [1.165, 1.54) is 0 Å². The molecular weight excluding hydrogens is 402 g/mol. The third-order valence-corrected chi connectivity index (χ3v) is 5.47. The van der Waals surface area contributed by atoms with Crippen LogP contribution in [0.2, 0.25) is 0 Å². The summed E-state index contributed by atoms with van der Waals surface area (Å²) in [6.07, 6.45) is 0.0596. The third kappa shape index (κ3) is 5.04. The highest BCUT2D eigenvalue weighted by Crippen LogP contribution is 2.29. The molecule has 2 aliphatic rings. The predicted molar refractivity (Wildman–Crippen MR) is 110 cm³/mol. The Hall–Kier alpha value is -3.36. The van der Waals surface area contributed by atoms with Crippen LogP contribution in [0.25, 0.3) is 0 Å². The Kier molecular flexibility index (Phi) is 6.94. The lowest BCUT2D eigenvalue weighted by molar-refractivity contribution is -0.148. The van der Waals surface area contributed by atoms with Crippen LogP contribution in [0.4, 0.5) is 4.79 Å². The van der Waals surface area contributed by atoms with E-state index in [9.17, 15) is 19.2 Å². The van der Waals surface area contributed by atoms with Gasteiger partial charge in [-0.3, -0.25) is 9.59 Å². The molecule has 2 N–H and O–H groups in total. The Morgan fingerprint density at radius 1 is 1.19 bits per heavy atom. The van der Waals surface area contributed by atoms with Crippen LogP contribution < -0.4 is 10.6 Å². The second kappa shape index (κ2) is 9.63. The highest BCUT2D eigenvalue weighted by molar-refractivity contribution is 5.95. The van der Waals surface area contributed by atoms with Crippen molar-refractivity contribution in [2.75, 3.05) is 19.8 Å². The van der Waals surface area contributed by atoms with Gasteiger partial charge in [-0.25, -0.2) is 9.59 Å². The first-order valence-corrected chi connectivity index (χ1v) is 10.3. The molecule has 9 nitrogen and oxygen atoms in total. The second-order valence-electron chi connectivity index (χ2n) is 7.57. The molecule has 0 spiro atoms. The molecule has 0 saturated carbocycles. The minimum atomic E-state index is -0.611. The third-order valence-electron chi connectivity index (χ3n) is 5.47. The van der Waals surface area contributed by atoms with Crippen LogP contribution in [0.1, 0.15) is 38.8 Å². The van der Waals surface area contributed by atoms with Gasteiger partial charge in [0.05, 0.1) is 35.9 Å². The Labute approximate surface area is 180 Å². The lowest BCUT2D eigenvalue weighted by Crippen LogP contribution is -2.50. The zero-order chi connectivity index (χ0) is 22.5. The van der Waals surface area contributed by atoms with E-state index in [1.807, 2.05) is 37.3 Å². The van der Waals surface area contributed by atoms with Gasteiger partial charge in [-0.05, 0) is 26.3 Å². The topological polar surface area (TPSA) is 114 Å². The van der Waals surface area contributed by atoms with Gasteiger partial charge >= 0.3 is 18.0 Å². The highest BCUT2D eigenvalue weighted by Gasteiger charge is 2.38. The zero-order valence-electron chi connectivity index (χ0n) is 17.8. The van der Waals surface area contributed by atoms with Gasteiger partial charge in [-0.1, -0.05) is 30.3 Å². The summed E-state index contributed by atoms with van der Waals surface area (Å²) in [4.78, 5) is 50.9. The number of carbonyl (C=O) groups is 4. The van der Waals surface area contributed by atoms with E-state index in [-0.39, 0.29) is 49.4 Å². The number of nitrogens with one attached hydrogen (secondary N) is 2. The van der Waals surface area contributed by atoms with Crippen molar-refractivity contribution < 1.29 is 28.7 Å². The van der Waals surface area contributed by atoms with Crippen LogP contribution in [-0.4, -0.2) is 54.6 Å². The fourth-order valence-electron chi connectivity index (χ4n) is 3.83. The van der Waals surface area contributed by atoms with E-state index in [0.717, 1.165) is 5.56 Å². The molecule has 0 aliphatic carbocycles. The molecule has 0 aromatic heterocycles. The number of ether oxygens (including phenoxy) is 2. The first-order valence-electron chi connectivity index (χ1n) is 10.3. The van der Waals surface area contributed by atoms with Crippen molar-refractivity contribution in [3.05, 3.63) is 47.2 Å². The molecule has 1 saturated heterocycles. The number of hydrogen-bond acceptors (Lipinski definition) is 6. The normalized spacial score (nSPS) is 22.0. The van der Waals surface area contributed by atoms with Crippen molar-refractivity contribution in [2.24, 2.45) is 5.92 Å². The maximum atomic E-state index is 12.6. The van der Waals surface area contributed by atoms with Crippen molar-refractivity contribution in [1.29, 1.82) is 0 Å². The van der Waals surface area contributed by atoms with Gasteiger partial charge in [-0.2, -0.15) is 0 Å². The Morgan fingerprint density at radius 2 is 1.90 bits per heavy atom. The lowest BCUT2D eigenvalue weighted by Gasteiger charge is -2.27. The molecule has 1 fully saturated rings. The van der Waals surface area contributed by atoms with Crippen LogP contribution in [0.3, 0.4) is 0 Å². The molecule has 0 radical (unpaired) electrons. The number of urea groups is 1. The molecule has 0 bridgehead atoms. The molecule has 2 heterocycles. The van der Waals surface area contributed by atoms with Crippen LogP contribution in [-0.2, 0) is 23.9 Å². The van der Waals surface area contributed by atoms with E-state index in [0.29, 0.717) is 0 Å². The van der Waals surface area contributed by atoms with E-state index < -0.39 is 29.9 Å². The maximum Gasteiger partial charge on any atom is 0.338 e. The van der Waals surface area contributed by atoms with Gasteiger partial charge in [0.15, 0.2) is 0 Å². The van der Waals surface area contributed by atoms with Crippen molar-refractivity contribution in [1.82, 2.24) is 15.5 Å². The quantitative estimate of drug-likeness (QED) is 0.637. The summed E-state index contributed by atoms with van der Waals surface area (Å²) in [6.45, 7) is 5.38. The fourth-order valence-corrected chi connectivity index (χ4v) is 3.83. The van der Waals surface area contributed by atoms with Crippen LogP contribution in [0.15, 0.2) is 41.6 Å². The number of carbonyl (C=O) groups excluding carboxylic acids is 4. The first kappa shape index (κ1) is 22.3. The van der Waals surface area contributed by atoms with Crippen LogP contribution in [0, 0.1) is 5.92 Å². The minimum Gasteiger partial charge on any atom is -0.463 e. The van der Waals surface area contributed by atoms with Crippen LogP contribution >= 0.6 is 0 Å². The summed E-state index contributed by atoms with van der Waals surface area (Å²) < 4.78 is 10.4. The number of amides is 3. The molecular formula is C22H27N3O6. The predicted octanol–water partition coefficient (Wildman–Crippen LogP) is 1.66. The smallest absolute Gasteiger partial charge is 0.338 e. The average Bonchev–Trinajstić information content (AvgIpc) is 3.13. The molecule has 1 aromatic carbocycles. The largest absolute Gasteiger partial charge is 0.463 e. The van der Waals surface area contributed by atoms with Crippen molar-refractivity contribution in [3.8, 4) is 0 Å². The van der Waals surface area contributed by atoms with E-state index in [4.69, 9.17) is 9.47 Å². The molecule has 9 heteroatoms.